The maximum Gasteiger partial charge on any atom is 0.273 e. The Bertz CT molecular complexity index is 1300. The van der Waals surface area contributed by atoms with Crippen molar-refractivity contribution in [1.82, 2.24) is 15.2 Å². The Morgan fingerprint density at radius 3 is 2.49 bits per heavy atom. The number of rotatable bonds is 8. The monoisotopic (exact) mass is 501 g/mol. The van der Waals surface area contributed by atoms with Crippen LogP contribution in [-0.4, -0.2) is 62.3 Å². The molecule has 1 amide bonds. The van der Waals surface area contributed by atoms with Gasteiger partial charge in [-0.2, -0.15) is 0 Å². The lowest BCUT2D eigenvalue weighted by Gasteiger charge is -2.24. The van der Waals surface area contributed by atoms with Gasteiger partial charge in [0.15, 0.2) is 17.2 Å². The molecule has 35 heavy (non-hydrogen) atoms. The van der Waals surface area contributed by atoms with Crippen LogP contribution in [-0.2, 0) is 22.0 Å². The Labute approximate surface area is 205 Å². The molecule has 3 rings (SSSR count). The first-order chi connectivity index (χ1) is 16.2. The minimum absolute atomic E-state index is 0.0490. The Morgan fingerprint density at radius 1 is 1.23 bits per heavy atom. The van der Waals surface area contributed by atoms with Crippen LogP contribution in [0, 0.1) is 5.41 Å². The van der Waals surface area contributed by atoms with E-state index in [1.54, 1.807) is 36.1 Å². The van der Waals surface area contributed by atoms with Crippen molar-refractivity contribution in [1.29, 1.82) is 5.41 Å². The number of amidine groups is 1. The highest BCUT2D eigenvalue weighted by atomic mass is 32.2. The van der Waals surface area contributed by atoms with E-state index in [1.807, 2.05) is 20.8 Å². The summed E-state index contributed by atoms with van der Waals surface area (Å²) in [6, 6.07) is 6.55. The molecule has 0 aliphatic carbocycles. The van der Waals surface area contributed by atoms with Crippen LogP contribution in [0.5, 0.6) is 5.75 Å². The zero-order chi connectivity index (χ0) is 26.1. The highest BCUT2D eigenvalue weighted by Gasteiger charge is 2.31. The minimum atomic E-state index is -3.49. The number of hydrogen-bond donors (Lipinski definition) is 3. The number of Topliss-reactive ketones (excluding diaryl/α,β-unsaturated/α-hetero) is 1. The molecule has 2 heterocycles. The predicted octanol–water partition coefficient (Wildman–Crippen LogP) is 2.53. The van der Waals surface area contributed by atoms with Gasteiger partial charge in [-0.3, -0.25) is 19.7 Å². The maximum absolute atomic E-state index is 13.2. The Hall–Kier alpha value is -3.47. The van der Waals surface area contributed by atoms with Crippen molar-refractivity contribution in [3.05, 3.63) is 52.3 Å². The molecular formula is C24H31N5O5S. The van der Waals surface area contributed by atoms with E-state index in [9.17, 15) is 18.0 Å². The minimum Gasteiger partial charge on any atom is -0.491 e. The van der Waals surface area contributed by atoms with E-state index in [-0.39, 0.29) is 30.4 Å². The number of nitrogens with one attached hydrogen (secondary N) is 3. The second kappa shape index (κ2) is 9.65. The number of ether oxygens (including phenoxy) is 1. The van der Waals surface area contributed by atoms with Gasteiger partial charge < -0.3 is 15.0 Å². The molecule has 0 spiro atoms. The fourth-order valence-electron chi connectivity index (χ4n) is 3.87. The van der Waals surface area contributed by atoms with Crippen LogP contribution in [0.25, 0.3) is 0 Å². The number of benzene rings is 1. The number of sulfonamides is 1. The Kier molecular flexibility index (Phi) is 7.21. The lowest BCUT2D eigenvalue weighted by molar-refractivity contribution is 0.0949. The molecule has 1 aromatic heterocycles. The van der Waals surface area contributed by atoms with E-state index in [0.29, 0.717) is 40.4 Å². The summed E-state index contributed by atoms with van der Waals surface area (Å²) in [5, 5.41) is 11.1. The average molecular weight is 502 g/mol. The summed E-state index contributed by atoms with van der Waals surface area (Å²) >= 11 is 0. The molecule has 1 aromatic carbocycles. The molecule has 2 aromatic rings. The Morgan fingerprint density at radius 2 is 1.91 bits per heavy atom. The molecule has 0 atom stereocenters. The number of aromatic nitrogens is 1. The topological polar surface area (TPSA) is 142 Å². The number of carbonyl (C=O) groups excluding carboxylic acids is 2. The molecule has 0 fully saturated rings. The lowest BCUT2D eigenvalue weighted by Crippen LogP contribution is -2.31. The smallest absolute Gasteiger partial charge is 0.273 e. The third-order valence-corrected chi connectivity index (χ3v) is 6.08. The number of anilines is 1. The molecule has 1 aliphatic rings. The van der Waals surface area contributed by atoms with Crippen LogP contribution in [0.4, 0.5) is 5.69 Å². The van der Waals surface area contributed by atoms with Crippen molar-refractivity contribution < 1.29 is 22.7 Å². The third kappa shape index (κ3) is 5.79. The van der Waals surface area contributed by atoms with Crippen molar-refractivity contribution in [2.24, 2.45) is 0 Å². The molecule has 11 heteroatoms. The number of amides is 1. The SMILES string of the molecule is CCOc1cc2c(nc1C(=O)NC)C(=N)N(CC(=O)c1ccc(NS(C)(=O)=O)c(C(C)(C)C)c1)C2. The molecule has 0 bridgehead atoms. The average Bonchev–Trinajstić information content (AvgIpc) is 3.05. The quantitative estimate of drug-likeness (QED) is 0.472. The van der Waals surface area contributed by atoms with Crippen molar-refractivity contribution in [3.63, 3.8) is 0 Å². The van der Waals surface area contributed by atoms with Crippen molar-refractivity contribution in [3.8, 4) is 5.75 Å². The standard InChI is InChI=1S/C24H31N5O5S/c1-7-34-19-11-15-12-29(22(25)20(15)27-21(19)23(31)26-5)13-18(30)14-8-9-17(28-35(6,32)33)16(10-14)24(2,3)4/h8-11,25,28H,7,12-13H2,1-6H3,(H,26,31). The number of pyridine rings is 1. The van der Waals surface area contributed by atoms with E-state index in [2.05, 4.69) is 15.0 Å². The van der Waals surface area contributed by atoms with Gasteiger partial charge in [0.1, 0.15) is 11.5 Å². The first kappa shape index (κ1) is 26.1. The van der Waals surface area contributed by atoms with Gasteiger partial charge in [-0.25, -0.2) is 13.4 Å². The largest absolute Gasteiger partial charge is 0.491 e. The number of fused-ring (bicyclic) bond motifs is 1. The number of carbonyl (C=O) groups is 2. The lowest BCUT2D eigenvalue weighted by atomic mass is 9.84. The summed E-state index contributed by atoms with van der Waals surface area (Å²) in [4.78, 5) is 31.4. The normalized spacial score (nSPS) is 13.4. The summed E-state index contributed by atoms with van der Waals surface area (Å²) < 4.78 is 31.6. The van der Waals surface area contributed by atoms with Crippen LogP contribution in [0.2, 0.25) is 0 Å². The van der Waals surface area contributed by atoms with E-state index < -0.39 is 21.3 Å². The summed E-state index contributed by atoms with van der Waals surface area (Å²) in [5.41, 5.74) is 2.22. The number of ketones is 1. The molecule has 0 saturated heterocycles. The zero-order valence-electron chi connectivity index (χ0n) is 20.8. The maximum atomic E-state index is 13.2. The molecule has 1 aliphatic heterocycles. The number of hydrogen-bond acceptors (Lipinski definition) is 7. The van der Waals surface area contributed by atoms with Gasteiger partial charge >= 0.3 is 0 Å². The van der Waals surface area contributed by atoms with E-state index in [0.717, 1.165) is 6.26 Å². The second-order valence-electron chi connectivity index (χ2n) is 9.37. The van der Waals surface area contributed by atoms with Crippen molar-refractivity contribution in [2.75, 3.05) is 31.2 Å². The molecular weight excluding hydrogens is 470 g/mol. The first-order valence-corrected chi connectivity index (χ1v) is 13.0. The third-order valence-electron chi connectivity index (χ3n) is 5.49. The van der Waals surface area contributed by atoms with E-state index in [1.165, 1.54) is 7.05 Å². The zero-order valence-corrected chi connectivity index (χ0v) is 21.6. The molecule has 188 valence electrons. The summed E-state index contributed by atoms with van der Waals surface area (Å²) in [6.45, 7) is 8.16. The summed E-state index contributed by atoms with van der Waals surface area (Å²) in [6.07, 6.45) is 1.08. The van der Waals surface area contributed by atoms with E-state index in [4.69, 9.17) is 10.1 Å². The van der Waals surface area contributed by atoms with Crippen molar-refractivity contribution >= 4 is 33.2 Å². The Balaban J connectivity index is 1.88. The fourth-order valence-corrected chi connectivity index (χ4v) is 4.44. The summed E-state index contributed by atoms with van der Waals surface area (Å²) in [7, 11) is -1.99. The van der Waals surface area contributed by atoms with Gasteiger partial charge in [-0.15, -0.1) is 0 Å². The van der Waals surface area contributed by atoms with Crippen LogP contribution >= 0.6 is 0 Å². The van der Waals surface area contributed by atoms with Crippen LogP contribution < -0.4 is 14.8 Å². The van der Waals surface area contributed by atoms with Crippen LogP contribution in [0.15, 0.2) is 24.3 Å². The highest BCUT2D eigenvalue weighted by Crippen LogP contribution is 2.32. The van der Waals surface area contributed by atoms with Gasteiger partial charge in [0.05, 0.1) is 25.1 Å². The van der Waals surface area contributed by atoms with Crippen LogP contribution in [0.1, 0.15) is 65.4 Å². The molecule has 10 nitrogen and oxygen atoms in total. The van der Waals surface area contributed by atoms with Gasteiger partial charge in [0, 0.05) is 24.7 Å². The summed E-state index contributed by atoms with van der Waals surface area (Å²) in [5.74, 6) is -0.269. The van der Waals surface area contributed by atoms with E-state index >= 15 is 0 Å². The number of nitrogens with zero attached hydrogens (tertiary/aromatic N) is 2. The molecule has 0 radical (unpaired) electrons. The first-order valence-electron chi connectivity index (χ1n) is 11.1. The fraction of sp³-hybridized carbons (Fsp3) is 0.417. The van der Waals surface area contributed by atoms with Gasteiger partial charge in [0.2, 0.25) is 10.0 Å². The van der Waals surface area contributed by atoms with Crippen molar-refractivity contribution in [2.45, 2.75) is 39.7 Å². The molecule has 0 saturated carbocycles. The van der Waals surface area contributed by atoms with Gasteiger partial charge in [-0.05, 0) is 42.2 Å². The van der Waals surface area contributed by atoms with Gasteiger partial charge in [-0.1, -0.05) is 20.8 Å². The second-order valence-corrected chi connectivity index (χ2v) is 11.1. The molecule has 3 N–H and O–H groups in total. The molecule has 0 unspecified atom stereocenters. The van der Waals surface area contributed by atoms with Gasteiger partial charge in [0.25, 0.3) is 5.91 Å². The van der Waals surface area contributed by atoms with Crippen LogP contribution in [0.3, 0.4) is 0 Å². The highest BCUT2D eigenvalue weighted by molar-refractivity contribution is 7.92. The predicted molar refractivity (Wildman–Crippen MR) is 134 cm³/mol.